The van der Waals surface area contributed by atoms with E-state index in [0.29, 0.717) is 23.1 Å². The van der Waals surface area contributed by atoms with Crippen LogP contribution in [0.2, 0.25) is 0 Å². The Morgan fingerprint density at radius 1 is 1.24 bits per heavy atom. The summed E-state index contributed by atoms with van der Waals surface area (Å²) in [5, 5.41) is 11.3. The number of nitrogens with one attached hydrogen (secondary N) is 1. The van der Waals surface area contributed by atoms with Crippen LogP contribution in [-0.2, 0) is 14.6 Å². The lowest BCUT2D eigenvalue weighted by atomic mass is 10.1. The van der Waals surface area contributed by atoms with E-state index in [1.165, 1.54) is 6.92 Å². The Kier molecular flexibility index (Phi) is 5.17. The summed E-state index contributed by atoms with van der Waals surface area (Å²) in [6.45, 7) is 1.37. The van der Waals surface area contributed by atoms with Gasteiger partial charge in [-0.25, -0.2) is 8.42 Å². The average Bonchev–Trinajstić information content (AvgIpc) is 3.37. The molecule has 152 valence electrons. The number of para-hydroxylation sites is 1. The Labute approximate surface area is 170 Å². The van der Waals surface area contributed by atoms with Crippen molar-refractivity contribution in [1.82, 2.24) is 10.2 Å². The van der Waals surface area contributed by atoms with E-state index in [1.54, 1.807) is 24.3 Å². The van der Waals surface area contributed by atoms with Gasteiger partial charge in [-0.3, -0.25) is 9.59 Å². The number of ketones is 1. The molecule has 1 N–H and O–H groups in total. The molecule has 0 unspecified atom stereocenters. The van der Waals surface area contributed by atoms with Crippen LogP contribution in [0.4, 0.5) is 5.69 Å². The zero-order valence-electron chi connectivity index (χ0n) is 15.4. The highest BCUT2D eigenvalue weighted by molar-refractivity contribution is 7.99. The average molecular weight is 435 g/mol. The fourth-order valence-electron chi connectivity index (χ4n) is 3.15. The van der Waals surface area contributed by atoms with E-state index in [-0.39, 0.29) is 51.7 Å². The van der Waals surface area contributed by atoms with Gasteiger partial charge < -0.3 is 14.2 Å². The number of carbonyl (C=O) groups excluding carboxylic acids is 2. The molecule has 1 saturated heterocycles. The van der Waals surface area contributed by atoms with E-state index in [9.17, 15) is 18.0 Å². The highest BCUT2D eigenvalue weighted by atomic mass is 32.2. The zero-order chi connectivity index (χ0) is 20.6. The summed E-state index contributed by atoms with van der Waals surface area (Å²) in [4.78, 5) is 24.2. The molecule has 11 heteroatoms. The molecule has 1 amide bonds. The minimum absolute atomic E-state index is 0.00116. The summed E-state index contributed by atoms with van der Waals surface area (Å²) in [6.07, 6.45) is 0.455. The van der Waals surface area contributed by atoms with Crippen molar-refractivity contribution in [3.63, 3.8) is 0 Å². The summed E-state index contributed by atoms with van der Waals surface area (Å²) in [7, 11) is -3.05. The van der Waals surface area contributed by atoms with Crippen molar-refractivity contribution in [3.8, 4) is 0 Å². The molecule has 1 atom stereocenters. The number of anilines is 1. The number of amides is 1. The van der Waals surface area contributed by atoms with Crippen LogP contribution in [0.15, 0.2) is 38.3 Å². The largest absolute Gasteiger partial charge is 0.451 e. The van der Waals surface area contributed by atoms with Crippen molar-refractivity contribution in [2.24, 2.45) is 0 Å². The summed E-state index contributed by atoms with van der Waals surface area (Å²) in [5.41, 5.74) is 0.842. The summed E-state index contributed by atoms with van der Waals surface area (Å²) < 4.78 is 34.2. The van der Waals surface area contributed by atoms with Crippen molar-refractivity contribution in [2.45, 2.75) is 24.5 Å². The molecule has 4 rings (SSSR count). The highest BCUT2D eigenvalue weighted by Crippen LogP contribution is 2.32. The lowest BCUT2D eigenvalue weighted by molar-refractivity contribution is -0.113. The number of fused-ring (bicyclic) bond motifs is 1. The van der Waals surface area contributed by atoms with E-state index in [1.807, 2.05) is 0 Å². The lowest BCUT2D eigenvalue weighted by Crippen LogP contribution is -2.15. The van der Waals surface area contributed by atoms with E-state index < -0.39 is 9.84 Å². The molecule has 0 spiro atoms. The van der Waals surface area contributed by atoms with Crippen molar-refractivity contribution in [1.29, 1.82) is 0 Å². The zero-order valence-corrected chi connectivity index (χ0v) is 17.0. The second-order valence-corrected chi connectivity index (χ2v) is 9.86. The first-order valence-corrected chi connectivity index (χ1v) is 11.6. The first-order chi connectivity index (χ1) is 13.8. The fourth-order valence-corrected chi connectivity index (χ4v) is 5.46. The maximum Gasteiger partial charge on any atom is 0.277 e. The van der Waals surface area contributed by atoms with Crippen molar-refractivity contribution >= 4 is 49.9 Å². The summed E-state index contributed by atoms with van der Waals surface area (Å²) in [5.74, 6) is -0.513. The van der Waals surface area contributed by atoms with Crippen LogP contribution < -0.4 is 5.32 Å². The number of furan rings is 1. The summed E-state index contributed by atoms with van der Waals surface area (Å²) >= 11 is 1.03. The number of sulfone groups is 1. The number of Topliss-reactive ketones (excluding diaryl/α,β-unsaturated/α-hetero) is 1. The monoisotopic (exact) mass is 435 g/mol. The predicted octanol–water partition coefficient (Wildman–Crippen LogP) is 2.65. The van der Waals surface area contributed by atoms with Crippen LogP contribution in [0.5, 0.6) is 0 Å². The second-order valence-electron chi connectivity index (χ2n) is 6.70. The number of hydrogen-bond donors (Lipinski definition) is 1. The predicted molar refractivity (Wildman–Crippen MR) is 106 cm³/mol. The van der Waals surface area contributed by atoms with Gasteiger partial charge >= 0.3 is 0 Å². The van der Waals surface area contributed by atoms with E-state index in [2.05, 4.69) is 15.5 Å². The van der Waals surface area contributed by atoms with Crippen LogP contribution in [0.1, 0.15) is 35.7 Å². The first kappa shape index (κ1) is 19.6. The number of carbonyl (C=O) groups is 2. The molecule has 0 saturated carbocycles. The van der Waals surface area contributed by atoms with Crippen LogP contribution in [0.25, 0.3) is 11.0 Å². The molecule has 9 nitrogen and oxygen atoms in total. The Morgan fingerprint density at radius 3 is 2.76 bits per heavy atom. The minimum Gasteiger partial charge on any atom is -0.451 e. The number of hydrogen-bond acceptors (Lipinski definition) is 9. The minimum atomic E-state index is -3.05. The SMILES string of the molecule is CC(=O)c1oc2ccccc2c1NC(=O)CSc1nnc([C@@H]2CCS(=O)(=O)C2)o1. The first-order valence-electron chi connectivity index (χ1n) is 8.81. The van der Waals surface area contributed by atoms with Gasteiger partial charge in [-0.05, 0) is 18.6 Å². The Hall–Kier alpha value is -2.66. The van der Waals surface area contributed by atoms with E-state index >= 15 is 0 Å². The van der Waals surface area contributed by atoms with Crippen LogP contribution in [-0.4, -0.2) is 47.6 Å². The molecule has 1 aliphatic heterocycles. The standard InChI is InChI=1S/C18H17N3O6S2/c1-10(22)16-15(12-4-2-3-5-13(12)26-16)19-14(23)8-28-18-21-20-17(27-18)11-6-7-29(24,25)9-11/h2-5,11H,6-9H2,1H3,(H,19,23)/t11-/m1/s1. The number of rotatable bonds is 6. The third kappa shape index (κ3) is 4.20. The smallest absolute Gasteiger partial charge is 0.277 e. The topological polar surface area (TPSA) is 132 Å². The molecule has 0 bridgehead atoms. The highest BCUT2D eigenvalue weighted by Gasteiger charge is 2.32. The number of thioether (sulfide) groups is 1. The Bertz CT molecular complexity index is 1200. The molecule has 29 heavy (non-hydrogen) atoms. The van der Waals surface area contributed by atoms with Gasteiger partial charge in [0.25, 0.3) is 5.22 Å². The van der Waals surface area contributed by atoms with Crippen LogP contribution >= 0.6 is 11.8 Å². The molecule has 1 fully saturated rings. The third-order valence-corrected chi connectivity index (χ3v) is 7.10. The maximum atomic E-state index is 12.4. The van der Waals surface area contributed by atoms with Gasteiger partial charge in [0, 0.05) is 12.3 Å². The Balaban J connectivity index is 1.42. The molecule has 0 radical (unpaired) electrons. The lowest BCUT2D eigenvalue weighted by Gasteiger charge is -2.04. The molecule has 3 aromatic rings. The number of aromatic nitrogens is 2. The van der Waals surface area contributed by atoms with E-state index in [0.717, 1.165) is 11.8 Å². The Morgan fingerprint density at radius 2 is 2.03 bits per heavy atom. The van der Waals surface area contributed by atoms with Gasteiger partial charge in [-0.1, -0.05) is 23.9 Å². The summed E-state index contributed by atoms with van der Waals surface area (Å²) in [6, 6.07) is 7.04. The molecular weight excluding hydrogens is 418 g/mol. The fraction of sp³-hybridized carbons (Fsp3) is 0.333. The molecule has 3 heterocycles. The van der Waals surface area contributed by atoms with Crippen molar-refractivity contribution in [2.75, 3.05) is 22.6 Å². The van der Waals surface area contributed by atoms with Gasteiger partial charge in [0.15, 0.2) is 21.4 Å². The van der Waals surface area contributed by atoms with E-state index in [4.69, 9.17) is 8.83 Å². The third-order valence-electron chi connectivity index (χ3n) is 4.51. The second kappa shape index (κ2) is 7.64. The van der Waals surface area contributed by atoms with Gasteiger partial charge in [-0.15, -0.1) is 10.2 Å². The molecule has 1 aliphatic rings. The molecule has 1 aromatic carbocycles. The van der Waals surface area contributed by atoms with Crippen LogP contribution in [0, 0.1) is 0 Å². The molecule has 0 aliphatic carbocycles. The molecular formula is C18H17N3O6S2. The number of benzene rings is 1. The number of nitrogens with zero attached hydrogens (tertiary/aromatic N) is 2. The van der Waals surface area contributed by atoms with Gasteiger partial charge in [0.1, 0.15) is 5.58 Å². The van der Waals surface area contributed by atoms with Crippen molar-refractivity contribution < 1.29 is 26.8 Å². The normalized spacial score (nSPS) is 18.2. The molecule has 2 aromatic heterocycles. The quantitative estimate of drug-likeness (QED) is 0.458. The van der Waals surface area contributed by atoms with Crippen LogP contribution in [0.3, 0.4) is 0 Å². The maximum absolute atomic E-state index is 12.4. The van der Waals surface area contributed by atoms with Gasteiger partial charge in [0.05, 0.1) is 28.9 Å². The van der Waals surface area contributed by atoms with Gasteiger partial charge in [0.2, 0.25) is 11.8 Å². The van der Waals surface area contributed by atoms with Crippen molar-refractivity contribution in [3.05, 3.63) is 35.9 Å². The van der Waals surface area contributed by atoms with Gasteiger partial charge in [-0.2, -0.15) is 0 Å².